The van der Waals surface area contributed by atoms with Crippen LogP contribution in [-0.2, 0) is 9.59 Å². The zero-order valence-corrected chi connectivity index (χ0v) is 10.4. The number of rotatable bonds is 5. The number of carbonyl (C=O) groups excluding carboxylic acids is 1. The van der Waals surface area contributed by atoms with E-state index in [0.717, 1.165) is 5.56 Å². The topological polar surface area (TPSA) is 84.9 Å². The summed E-state index contributed by atoms with van der Waals surface area (Å²) >= 11 is 0. The van der Waals surface area contributed by atoms with Crippen molar-refractivity contribution in [3.05, 3.63) is 17.7 Å². The summed E-state index contributed by atoms with van der Waals surface area (Å²) in [5.41, 5.74) is 1.18. The number of aryl methyl sites for hydroxylation is 1. The van der Waals surface area contributed by atoms with Gasteiger partial charge in [-0.3, -0.25) is 9.59 Å². The second-order valence-electron chi connectivity index (χ2n) is 3.64. The number of aliphatic carboxylic acids is 1. The smallest absolute Gasteiger partial charge is 0.312 e. The van der Waals surface area contributed by atoms with Crippen LogP contribution in [0, 0.1) is 6.92 Å². The number of ether oxygens (including phenoxy) is 2. The second-order valence-corrected chi connectivity index (χ2v) is 3.64. The molecular formula is C12H15NO5. The molecule has 6 heteroatoms. The van der Waals surface area contributed by atoms with Gasteiger partial charge in [0, 0.05) is 6.07 Å². The third-order valence-electron chi connectivity index (χ3n) is 2.30. The van der Waals surface area contributed by atoms with Gasteiger partial charge >= 0.3 is 5.97 Å². The standard InChI is InChI=1S/C12H15NO5/c1-7-4-8(17-2)5-9(18-3)12(7)13-10(14)6-11(15)16/h4-5H,6H2,1-3H3,(H,13,14)(H,15,16). The summed E-state index contributed by atoms with van der Waals surface area (Å²) in [6.45, 7) is 1.77. The van der Waals surface area contributed by atoms with E-state index in [9.17, 15) is 9.59 Å². The first kappa shape index (κ1) is 13.8. The highest BCUT2D eigenvalue weighted by atomic mass is 16.5. The molecule has 2 N–H and O–H groups in total. The maximum absolute atomic E-state index is 11.4. The Labute approximate surface area is 105 Å². The van der Waals surface area contributed by atoms with Gasteiger partial charge in [0.05, 0.1) is 19.9 Å². The highest BCUT2D eigenvalue weighted by molar-refractivity contribution is 6.02. The van der Waals surface area contributed by atoms with Crippen molar-refractivity contribution in [3.8, 4) is 11.5 Å². The van der Waals surface area contributed by atoms with Crippen LogP contribution in [0.3, 0.4) is 0 Å². The van der Waals surface area contributed by atoms with Gasteiger partial charge in [0.15, 0.2) is 0 Å². The molecule has 6 nitrogen and oxygen atoms in total. The molecular weight excluding hydrogens is 238 g/mol. The Balaban J connectivity index is 3.00. The van der Waals surface area contributed by atoms with Crippen molar-refractivity contribution in [1.82, 2.24) is 0 Å². The molecule has 0 atom stereocenters. The van der Waals surface area contributed by atoms with Gasteiger partial charge in [0.2, 0.25) is 5.91 Å². The average Bonchev–Trinajstić information content (AvgIpc) is 2.30. The van der Waals surface area contributed by atoms with Gasteiger partial charge in [0.1, 0.15) is 17.9 Å². The zero-order chi connectivity index (χ0) is 13.7. The monoisotopic (exact) mass is 253 g/mol. The molecule has 1 rings (SSSR count). The molecule has 18 heavy (non-hydrogen) atoms. The van der Waals surface area contributed by atoms with E-state index in [2.05, 4.69) is 5.32 Å². The molecule has 98 valence electrons. The lowest BCUT2D eigenvalue weighted by atomic mass is 10.1. The summed E-state index contributed by atoms with van der Waals surface area (Å²) in [4.78, 5) is 21.8. The van der Waals surface area contributed by atoms with E-state index in [-0.39, 0.29) is 0 Å². The Hall–Kier alpha value is -2.24. The minimum Gasteiger partial charge on any atom is -0.497 e. The Kier molecular flexibility index (Phi) is 4.53. The fourth-order valence-electron chi connectivity index (χ4n) is 1.48. The molecule has 0 aliphatic rings. The van der Waals surface area contributed by atoms with E-state index in [4.69, 9.17) is 14.6 Å². The van der Waals surface area contributed by atoms with E-state index >= 15 is 0 Å². The maximum atomic E-state index is 11.4. The van der Waals surface area contributed by atoms with Crippen molar-refractivity contribution < 1.29 is 24.2 Å². The van der Waals surface area contributed by atoms with Crippen LogP contribution >= 0.6 is 0 Å². The lowest BCUT2D eigenvalue weighted by Gasteiger charge is -2.14. The van der Waals surface area contributed by atoms with Gasteiger partial charge in [-0.05, 0) is 18.6 Å². The molecule has 0 bridgehead atoms. The van der Waals surface area contributed by atoms with Gasteiger partial charge in [-0.25, -0.2) is 0 Å². The minimum absolute atomic E-state index is 0.422. The van der Waals surface area contributed by atoms with Gasteiger partial charge < -0.3 is 19.9 Å². The predicted molar refractivity (Wildman–Crippen MR) is 65.2 cm³/mol. The quantitative estimate of drug-likeness (QED) is 0.775. The van der Waals surface area contributed by atoms with Crippen molar-refractivity contribution in [2.24, 2.45) is 0 Å². The van der Waals surface area contributed by atoms with Crippen LogP contribution in [0.2, 0.25) is 0 Å². The van der Waals surface area contributed by atoms with Gasteiger partial charge in [-0.1, -0.05) is 0 Å². The Bertz CT molecular complexity index is 470. The molecule has 1 aromatic carbocycles. The number of benzene rings is 1. The Morgan fingerprint density at radius 1 is 1.28 bits per heavy atom. The van der Waals surface area contributed by atoms with Crippen LogP contribution < -0.4 is 14.8 Å². The molecule has 0 aromatic heterocycles. The van der Waals surface area contributed by atoms with Crippen LogP contribution in [0.25, 0.3) is 0 Å². The Morgan fingerprint density at radius 3 is 2.44 bits per heavy atom. The average molecular weight is 253 g/mol. The van der Waals surface area contributed by atoms with Gasteiger partial charge in [0.25, 0.3) is 0 Å². The number of hydrogen-bond acceptors (Lipinski definition) is 4. The number of amides is 1. The fraction of sp³-hybridized carbons (Fsp3) is 0.333. The van der Waals surface area contributed by atoms with E-state index in [1.807, 2.05) is 0 Å². The van der Waals surface area contributed by atoms with Crippen molar-refractivity contribution in [3.63, 3.8) is 0 Å². The van der Waals surface area contributed by atoms with Crippen LogP contribution in [-0.4, -0.2) is 31.2 Å². The third-order valence-corrected chi connectivity index (χ3v) is 2.30. The second kappa shape index (κ2) is 5.90. The summed E-state index contributed by atoms with van der Waals surface area (Å²) in [7, 11) is 2.98. The normalized spacial score (nSPS) is 9.72. The van der Waals surface area contributed by atoms with Crippen LogP contribution in [0.4, 0.5) is 5.69 Å². The summed E-state index contributed by atoms with van der Waals surface area (Å²) in [6, 6.07) is 3.34. The van der Waals surface area contributed by atoms with Crippen molar-refractivity contribution in [2.75, 3.05) is 19.5 Å². The largest absolute Gasteiger partial charge is 0.497 e. The Morgan fingerprint density at radius 2 is 1.94 bits per heavy atom. The number of carboxylic acid groups (broad SMARTS) is 1. The first-order valence-electron chi connectivity index (χ1n) is 5.22. The van der Waals surface area contributed by atoms with Crippen LogP contribution in [0.1, 0.15) is 12.0 Å². The molecule has 1 amide bonds. The maximum Gasteiger partial charge on any atom is 0.312 e. The zero-order valence-electron chi connectivity index (χ0n) is 10.4. The molecule has 0 heterocycles. The van der Waals surface area contributed by atoms with Gasteiger partial charge in [-0.2, -0.15) is 0 Å². The molecule has 1 aromatic rings. The fourth-order valence-corrected chi connectivity index (χ4v) is 1.48. The molecule has 0 saturated carbocycles. The summed E-state index contributed by atoms with van der Waals surface area (Å²) in [5, 5.41) is 11.0. The number of carboxylic acids is 1. The van der Waals surface area contributed by atoms with Gasteiger partial charge in [-0.15, -0.1) is 0 Å². The van der Waals surface area contributed by atoms with E-state index < -0.39 is 18.3 Å². The summed E-state index contributed by atoms with van der Waals surface area (Å²) < 4.78 is 10.2. The lowest BCUT2D eigenvalue weighted by Crippen LogP contribution is -2.17. The number of anilines is 1. The third kappa shape index (κ3) is 3.38. The first-order chi connectivity index (χ1) is 8.47. The van der Waals surface area contributed by atoms with Crippen LogP contribution in [0.15, 0.2) is 12.1 Å². The SMILES string of the molecule is COc1cc(C)c(NC(=O)CC(=O)O)c(OC)c1. The number of methoxy groups -OCH3 is 2. The van der Waals surface area contributed by atoms with Crippen molar-refractivity contribution >= 4 is 17.6 Å². The van der Waals surface area contributed by atoms with Crippen molar-refractivity contribution in [2.45, 2.75) is 13.3 Å². The molecule has 0 fully saturated rings. The van der Waals surface area contributed by atoms with E-state index in [1.54, 1.807) is 19.1 Å². The highest BCUT2D eigenvalue weighted by Crippen LogP contribution is 2.33. The molecule has 0 spiro atoms. The minimum atomic E-state index is -1.18. The van der Waals surface area contributed by atoms with Crippen LogP contribution in [0.5, 0.6) is 11.5 Å². The first-order valence-corrected chi connectivity index (χ1v) is 5.22. The predicted octanol–water partition coefficient (Wildman–Crippen LogP) is 1.43. The number of nitrogens with one attached hydrogen (secondary N) is 1. The number of hydrogen-bond donors (Lipinski definition) is 2. The molecule has 0 unspecified atom stereocenters. The van der Waals surface area contributed by atoms with E-state index in [0.29, 0.717) is 17.2 Å². The molecule has 0 aliphatic carbocycles. The summed E-state index contributed by atoms with van der Waals surface area (Å²) in [6.07, 6.45) is -0.589. The molecule has 0 saturated heterocycles. The molecule has 0 aliphatic heterocycles. The number of carbonyl (C=O) groups is 2. The highest BCUT2D eigenvalue weighted by Gasteiger charge is 2.14. The lowest BCUT2D eigenvalue weighted by molar-refractivity contribution is -0.139. The molecule has 0 radical (unpaired) electrons. The van der Waals surface area contributed by atoms with E-state index in [1.165, 1.54) is 14.2 Å². The van der Waals surface area contributed by atoms with Crippen molar-refractivity contribution in [1.29, 1.82) is 0 Å². The summed E-state index contributed by atoms with van der Waals surface area (Å²) in [5.74, 6) is -0.766.